The zero-order valence-corrected chi connectivity index (χ0v) is 17.7. The van der Waals surface area contributed by atoms with Crippen molar-refractivity contribution in [1.82, 2.24) is 19.7 Å². The first-order chi connectivity index (χ1) is 15.4. The first-order valence-electron chi connectivity index (χ1n) is 10.1. The van der Waals surface area contributed by atoms with Crippen molar-refractivity contribution in [2.24, 2.45) is 0 Å². The topological polar surface area (TPSA) is 95.2 Å². The number of carbonyl (C=O) groups excluding carboxylic acids is 1. The second-order valence-corrected chi connectivity index (χ2v) is 7.80. The van der Waals surface area contributed by atoms with Crippen LogP contribution < -0.4 is 16.6 Å². The van der Waals surface area contributed by atoms with Crippen molar-refractivity contribution in [3.05, 3.63) is 91.5 Å². The highest BCUT2D eigenvalue weighted by Crippen LogP contribution is 2.13. The van der Waals surface area contributed by atoms with Crippen LogP contribution in [0.5, 0.6) is 0 Å². The number of carbonyl (C=O) groups is 1. The average Bonchev–Trinajstić information content (AvgIpc) is 3.30. The van der Waals surface area contributed by atoms with E-state index in [-0.39, 0.29) is 24.9 Å². The van der Waals surface area contributed by atoms with Gasteiger partial charge in [0.2, 0.25) is 5.69 Å². The number of para-hydroxylation sites is 1. The molecule has 10 heteroatoms. The van der Waals surface area contributed by atoms with Crippen LogP contribution in [0.2, 0.25) is 5.02 Å². The van der Waals surface area contributed by atoms with Crippen molar-refractivity contribution in [3.63, 3.8) is 0 Å². The fourth-order valence-corrected chi connectivity index (χ4v) is 3.70. The maximum absolute atomic E-state index is 14.4. The van der Waals surface area contributed by atoms with Crippen molar-refractivity contribution in [2.45, 2.75) is 25.5 Å². The van der Waals surface area contributed by atoms with Crippen LogP contribution in [0.15, 0.2) is 58.1 Å². The third-order valence-electron chi connectivity index (χ3n) is 5.10. The number of ether oxygens (including phenoxy) is 1. The number of nitrogens with one attached hydrogen (secondary N) is 1. The summed E-state index contributed by atoms with van der Waals surface area (Å²) in [5.74, 6) is -1.49. The van der Waals surface area contributed by atoms with Gasteiger partial charge in [0.15, 0.2) is 0 Å². The smallest absolute Gasteiger partial charge is 0.352 e. The molecule has 8 nitrogen and oxygen atoms in total. The van der Waals surface area contributed by atoms with Crippen LogP contribution in [0.1, 0.15) is 28.9 Å². The van der Waals surface area contributed by atoms with Crippen LogP contribution in [-0.2, 0) is 11.3 Å². The van der Waals surface area contributed by atoms with E-state index in [0.717, 1.165) is 28.2 Å². The molecular weight excluding hydrogens is 439 g/mol. The fourth-order valence-electron chi connectivity index (χ4n) is 3.49. The Hall–Kier alpha value is -3.30. The van der Waals surface area contributed by atoms with E-state index in [0.29, 0.717) is 17.2 Å². The molecule has 0 unspecified atom stereocenters. The Morgan fingerprint density at radius 2 is 2.03 bits per heavy atom. The van der Waals surface area contributed by atoms with Crippen molar-refractivity contribution >= 4 is 17.5 Å². The van der Waals surface area contributed by atoms with E-state index < -0.39 is 28.7 Å². The van der Waals surface area contributed by atoms with E-state index in [1.807, 2.05) is 0 Å². The van der Waals surface area contributed by atoms with E-state index >= 15 is 0 Å². The molecule has 1 aromatic heterocycles. The summed E-state index contributed by atoms with van der Waals surface area (Å²) < 4.78 is 21.5. The van der Waals surface area contributed by atoms with Gasteiger partial charge < -0.3 is 10.1 Å². The predicted molar refractivity (Wildman–Crippen MR) is 116 cm³/mol. The van der Waals surface area contributed by atoms with E-state index in [1.54, 1.807) is 24.3 Å². The number of aromatic nitrogens is 3. The summed E-state index contributed by atoms with van der Waals surface area (Å²) in [6.45, 7) is 0.650. The lowest BCUT2D eigenvalue weighted by atomic mass is 10.2. The zero-order valence-electron chi connectivity index (χ0n) is 17.0. The molecule has 3 aromatic rings. The van der Waals surface area contributed by atoms with E-state index in [4.69, 9.17) is 16.3 Å². The number of benzene rings is 2. The van der Waals surface area contributed by atoms with Crippen LogP contribution in [0.25, 0.3) is 5.69 Å². The number of nitrogens with zero attached hydrogens (tertiary/aromatic N) is 3. The summed E-state index contributed by atoms with van der Waals surface area (Å²) in [4.78, 5) is 38.9. The van der Waals surface area contributed by atoms with Crippen LogP contribution in [0, 0.1) is 5.82 Å². The molecule has 1 N–H and O–H groups in total. The van der Waals surface area contributed by atoms with Crippen molar-refractivity contribution in [3.8, 4) is 5.69 Å². The van der Waals surface area contributed by atoms with Crippen LogP contribution >= 0.6 is 11.6 Å². The molecule has 1 saturated heterocycles. The Bertz CT molecular complexity index is 1270. The maximum Gasteiger partial charge on any atom is 0.352 e. The summed E-state index contributed by atoms with van der Waals surface area (Å²) in [6, 6.07) is 12.1. The van der Waals surface area contributed by atoms with Gasteiger partial charge in [-0.3, -0.25) is 14.2 Å². The molecule has 1 atom stereocenters. The van der Waals surface area contributed by atoms with Gasteiger partial charge in [-0.25, -0.2) is 9.18 Å². The Kier molecular flexibility index (Phi) is 6.48. The highest BCUT2D eigenvalue weighted by Gasteiger charge is 2.23. The number of hydrogen-bond acceptors (Lipinski definition) is 5. The fraction of sp³-hybridized carbons (Fsp3) is 0.273. The van der Waals surface area contributed by atoms with Gasteiger partial charge in [0.25, 0.3) is 11.5 Å². The third-order valence-corrected chi connectivity index (χ3v) is 5.33. The minimum atomic E-state index is -0.882. The molecule has 166 valence electrons. The van der Waals surface area contributed by atoms with Crippen LogP contribution in [0.3, 0.4) is 0 Å². The van der Waals surface area contributed by atoms with Gasteiger partial charge in [0.05, 0.1) is 12.6 Å². The summed E-state index contributed by atoms with van der Waals surface area (Å²) >= 11 is 6.02. The van der Waals surface area contributed by atoms with E-state index in [1.165, 1.54) is 18.2 Å². The SMILES string of the molecule is O=C(NC[C@H]1CCCO1)c1nn(-c2ccccc2F)c(=O)n(Cc2cccc(Cl)c2)c1=O. The molecule has 1 aliphatic heterocycles. The molecule has 2 aromatic carbocycles. The Balaban J connectivity index is 1.79. The largest absolute Gasteiger partial charge is 0.376 e. The highest BCUT2D eigenvalue weighted by molar-refractivity contribution is 6.30. The molecular formula is C22H20ClFN4O4. The zero-order chi connectivity index (χ0) is 22.7. The van der Waals surface area contributed by atoms with Gasteiger partial charge in [-0.2, -0.15) is 9.78 Å². The Labute approximate surface area is 187 Å². The molecule has 0 aliphatic carbocycles. The molecule has 1 fully saturated rings. The van der Waals surface area contributed by atoms with Crippen molar-refractivity contribution in [2.75, 3.05) is 13.2 Å². The molecule has 0 radical (unpaired) electrons. The van der Waals surface area contributed by atoms with Gasteiger partial charge in [0.1, 0.15) is 11.5 Å². The highest BCUT2D eigenvalue weighted by atomic mass is 35.5. The summed E-state index contributed by atoms with van der Waals surface area (Å²) in [7, 11) is 0. The molecule has 0 bridgehead atoms. The first kappa shape index (κ1) is 21.9. The lowest BCUT2D eigenvalue weighted by Crippen LogP contribution is -2.46. The minimum Gasteiger partial charge on any atom is -0.376 e. The molecule has 1 amide bonds. The van der Waals surface area contributed by atoms with E-state index in [2.05, 4.69) is 10.4 Å². The summed E-state index contributed by atoms with van der Waals surface area (Å²) in [5, 5.41) is 6.97. The molecule has 0 saturated carbocycles. The van der Waals surface area contributed by atoms with E-state index in [9.17, 15) is 18.8 Å². The maximum atomic E-state index is 14.4. The Morgan fingerprint density at radius 3 is 2.75 bits per heavy atom. The van der Waals surface area contributed by atoms with Crippen molar-refractivity contribution in [1.29, 1.82) is 0 Å². The molecule has 1 aliphatic rings. The molecule has 32 heavy (non-hydrogen) atoms. The summed E-state index contributed by atoms with van der Waals surface area (Å²) in [5.41, 5.74) is -1.89. The lowest BCUT2D eigenvalue weighted by molar-refractivity contribution is 0.0849. The molecule has 2 heterocycles. The monoisotopic (exact) mass is 458 g/mol. The second kappa shape index (κ2) is 9.46. The quantitative estimate of drug-likeness (QED) is 0.610. The third kappa shape index (κ3) is 4.63. The van der Waals surface area contributed by atoms with Gasteiger partial charge >= 0.3 is 5.69 Å². The number of rotatable bonds is 6. The predicted octanol–water partition coefficient (Wildman–Crippen LogP) is 2.14. The standard InChI is InChI=1S/C22H20ClFN4O4/c23-15-6-3-5-14(11-15)13-27-21(30)19(20(29)25-12-16-7-4-10-32-16)26-28(22(27)31)18-9-2-1-8-17(18)24/h1-3,5-6,8-9,11,16H,4,7,10,12-13H2,(H,25,29)/t16-/m1/s1. The van der Waals surface area contributed by atoms with Gasteiger partial charge in [-0.05, 0) is 42.7 Å². The second-order valence-electron chi connectivity index (χ2n) is 7.36. The van der Waals surface area contributed by atoms with Gasteiger partial charge in [-0.15, -0.1) is 0 Å². The average molecular weight is 459 g/mol. The van der Waals surface area contributed by atoms with Gasteiger partial charge in [-0.1, -0.05) is 35.9 Å². The molecule has 4 rings (SSSR count). The number of halogens is 2. The first-order valence-corrected chi connectivity index (χ1v) is 10.4. The van der Waals surface area contributed by atoms with Gasteiger partial charge in [0, 0.05) is 18.2 Å². The number of amides is 1. The normalized spacial score (nSPS) is 15.6. The Morgan fingerprint density at radius 1 is 1.22 bits per heavy atom. The van der Waals surface area contributed by atoms with Crippen LogP contribution in [0.4, 0.5) is 4.39 Å². The minimum absolute atomic E-state index is 0.148. The van der Waals surface area contributed by atoms with Crippen molar-refractivity contribution < 1.29 is 13.9 Å². The van der Waals surface area contributed by atoms with Crippen LogP contribution in [-0.4, -0.2) is 39.5 Å². The lowest BCUT2D eigenvalue weighted by Gasteiger charge is -2.14. The number of hydrogen-bond donors (Lipinski definition) is 1. The summed E-state index contributed by atoms with van der Waals surface area (Å²) in [6.07, 6.45) is 1.54. The molecule has 0 spiro atoms.